The molecule has 104 valence electrons. The number of ketones is 1. The molecular formula is C16H15FO3. The molecule has 0 fully saturated rings. The van der Waals surface area contributed by atoms with Crippen LogP contribution >= 0.6 is 0 Å². The summed E-state index contributed by atoms with van der Waals surface area (Å²) in [5.41, 5.74) is 1.03. The van der Waals surface area contributed by atoms with Gasteiger partial charge in [0, 0.05) is 11.1 Å². The molecule has 2 rings (SSSR count). The molecule has 3 nitrogen and oxygen atoms in total. The summed E-state index contributed by atoms with van der Waals surface area (Å²) in [5, 5.41) is 0. The summed E-state index contributed by atoms with van der Waals surface area (Å²) in [6.07, 6.45) is 0. The SMILES string of the molecule is COc1cccc(COc2ccc(C(C)=O)cc2)c1F. The second-order valence-electron chi connectivity index (χ2n) is 4.30. The average molecular weight is 274 g/mol. The molecule has 0 aliphatic rings. The summed E-state index contributed by atoms with van der Waals surface area (Å²) in [6, 6.07) is 11.6. The van der Waals surface area contributed by atoms with Crippen LogP contribution in [0, 0.1) is 5.82 Å². The fourth-order valence-corrected chi connectivity index (χ4v) is 1.77. The van der Waals surface area contributed by atoms with Crippen LogP contribution in [0.3, 0.4) is 0 Å². The number of methoxy groups -OCH3 is 1. The van der Waals surface area contributed by atoms with Crippen LogP contribution in [-0.2, 0) is 6.61 Å². The van der Waals surface area contributed by atoms with Gasteiger partial charge in [0.1, 0.15) is 12.4 Å². The van der Waals surface area contributed by atoms with Gasteiger partial charge in [-0.3, -0.25) is 4.79 Å². The van der Waals surface area contributed by atoms with Crippen LogP contribution in [0.1, 0.15) is 22.8 Å². The van der Waals surface area contributed by atoms with Crippen molar-refractivity contribution in [3.05, 3.63) is 59.4 Å². The van der Waals surface area contributed by atoms with E-state index in [2.05, 4.69) is 0 Å². The molecule has 0 saturated heterocycles. The summed E-state index contributed by atoms with van der Waals surface area (Å²) in [4.78, 5) is 11.1. The first kappa shape index (κ1) is 14.1. The molecule has 4 heteroatoms. The number of carbonyl (C=O) groups is 1. The van der Waals surface area contributed by atoms with Crippen LogP contribution in [0.15, 0.2) is 42.5 Å². The Hall–Kier alpha value is -2.36. The van der Waals surface area contributed by atoms with Crippen LogP contribution in [0.4, 0.5) is 4.39 Å². The van der Waals surface area contributed by atoms with Gasteiger partial charge in [0.05, 0.1) is 7.11 Å². The molecule has 0 aliphatic carbocycles. The van der Waals surface area contributed by atoms with Crippen molar-refractivity contribution in [2.45, 2.75) is 13.5 Å². The number of carbonyl (C=O) groups excluding carboxylic acids is 1. The molecule has 0 unspecified atom stereocenters. The minimum Gasteiger partial charge on any atom is -0.494 e. The highest BCUT2D eigenvalue weighted by molar-refractivity contribution is 5.94. The Morgan fingerprint density at radius 3 is 2.45 bits per heavy atom. The van der Waals surface area contributed by atoms with E-state index >= 15 is 0 Å². The predicted molar refractivity (Wildman–Crippen MR) is 73.7 cm³/mol. The minimum absolute atomic E-state index is 0.00427. The Morgan fingerprint density at radius 1 is 1.15 bits per heavy atom. The van der Waals surface area contributed by atoms with Gasteiger partial charge in [-0.2, -0.15) is 0 Å². The van der Waals surface area contributed by atoms with E-state index in [0.717, 1.165) is 0 Å². The van der Waals surface area contributed by atoms with E-state index in [1.165, 1.54) is 14.0 Å². The Bertz CT molecular complexity index is 606. The van der Waals surface area contributed by atoms with Gasteiger partial charge in [0.15, 0.2) is 17.3 Å². The molecule has 0 saturated carbocycles. The first-order chi connectivity index (χ1) is 9.61. The molecule has 0 amide bonds. The fourth-order valence-electron chi connectivity index (χ4n) is 1.77. The standard InChI is InChI=1S/C16H15FO3/c1-11(18)12-6-8-14(9-7-12)20-10-13-4-3-5-15(19-2)16(13)17/h3-9H,10H2,1-2H3. The lowest BCUT2D eigenvalue weighted by Gasteiger charge is -2.09. The maximum Gasteiger partial charge on any atom is 0.171 e. The highest BCUT2D eigenvalue weighted by atomic mass is 19.1. The molecule has 20 heavy (non-hydrogen) atoms. The van der Waals surface area contributed by atoms with Crippen molar-refractivity contribution in [2.75, 3.05) is 7.11 Å². The van der Waals surface area contributed by atoms with E-state index in [1.807, 2.05) is 0 Å². The quantitative estimate of drug-likeness (QED) is 0.781. The third-order valence-corrected chi connectivity index (χ3v) is 2.92. The Morgan fingerprint density at radius 2 is 1.85 bits per heavy atom. The van der Waals surface area contributed by atoms with Crippen molar-refractivity contribution in [1.29, 1.82) is 0 Å². The smallest absolute Gasteiger partial charge is 0.171 e. The van der Waals surface area contributed by atoms with Gasteiger partial charge in [-0.25, -0.2) is 4.39 Å². The Balaban J connectivity index is 2.07. The predicted octanol–water partition coefficient (Wildman–Crippen LogP) is 3.62. The maximum absolute atomic E-state index is 13.9. The molecule has 0 spiro atoms. The number of hydrogen-bond acceptors (Lipinski definition) is 3. The van der Waals surface area contributed by atoms with Crippen molar-refractivity contribution in [3.8, 4) is 11.5 Å². The third kappa shape index (κ3) is 3.15. The van der Waals surface area contributed by atoms with Crippen LogP contribution in [0.5, 0.6) is 11.5 Å². The van der Waals surface area contributed by atoms with Crippen LogP contribution in [-0.4, -0.2) is 12.9 Å². The van der Waals surface area contributed by atoms with E-state index in [-0.39, 0.29) is 18.1 Å². The van der Waals surface area contributed by atoms with E-state index in [4.69, 9.17) is 9.47 Å². The topological polar surface area (TPSA) is 35.5 Å². The zero-order valence-corrected chi connectivity index (χ0v) is 11.4. The summed E-state index contributed by atoms with van der Waals surface area (Å²) in [6.45, 7) is 1.60. The van der Waals surface area contributed by atoms with Crippen molar-refractivity contribution in [3.63, 3.8) is 0 Å². The van der Waals surface area contributed by atoms with Crippen molar-refractivity contribution >= 4 is 5.78 Å². The molecule has 0 aliphatic heterocycles. The summed E-state index contributed by atoms with van der Waals surface area (Å²) >= 11 is 0. The summed E-state index contributed by atoms with van der Waals surface area (Å²) in [5.74, 6) is 0.348. The zero-order valence-electron chi connectivity index (χ0n) is 11.4. The minimum atomic E-state index is -0.421. The highest BCUT2D eigenvalue weighted by Gasteiger charge is 2.09. The number of benzene rings is 2. The average Bonchev–Trinajstić information content (AvgIpc) is 2.46. The highest BCUT2D eigenvalue weighted by Crippen LogP contribution is 2.21. The molecule has 2 aromatic rings. The van der Waals surface area contributed by atoms with E-state index in [0.29, 0.717) is 16.9 Å². The first-order valence-corrected chi connectivity index (χ1v) is 6.17. The number of ether oxygens (including phenoxy) is 2. The second-order valence-corrected chi connectivity index (χ2v) is 4.30. The lowest BCUT2D eigenvalue weighted by Crippen LogP contribution is -2.00. The molecule has 0 atom stereocenters. The van der Waals surface area contributed by atoms with Crippen molar-refractivity contribution < 1.29 is 18.7 Å². The van der Waals surface area contributed by atoms with Crippen molar-refractivity contribution in [1.82, 2.24) is 0 Å². The monoisotopic (exact) mass is 274 g/mol. The van der Waals surface area contributed by atoms with Crippen LogP contribution in [0.25, 0.3) is 0 Å². The van der Waals surface area contributed by atoms with Gasteiger partial charge < -0.3 is 9.47 Å². The third-order valence-electron chi connectivity index (χ3n) is 2.92. The van der Waals surface area contributed by atoms with E-state index in [1.54, 1.807) is 42.5 Å². The zero-order chi connectivity index (χ0) is 14.5. The van der Waals surface area contributed by atoms with Gasteiger partial charge in [0.25, 0.3) is 0 Å². The molecular weight excluding hydrogens is 259 g/mol. The van der Waals surface area contributed by atoms with E-state index in [9.17, 15) is 9.18 Å². The van der Waals surface area contributed by atoms with E-state index < -0.39 is 5.82 Å². The number of rotatable bonds is 5. The summed E-state index contributed by atoms with van der Waals surface area (Å²) in [7, 11) is 1.42. The fraction of sp³-hybridized carbons (Fsp3) is 0.188. The molecule has 0 aromatic heterocycles. The molecule has 0 N–H and O–H groups in total. The molecule has 0 radical (unpaired) electrons. The van der Waals surface area contributed by atoms with Gasteiger partial charge in [-0.05, 0) is 37.3 Å². The largest absolute Gasteiger partial charge is 0.494 e. The van der Waals surface area contributed by atoms with Crippen LogP contribution in [0.2, 0.25) is 0 Å². The van der Waals surface area contributed by atoms with Gasteiger partial charge in [0.2, 0.25) is 0 Å². The normalized spacial score (nSPS) is 10.2. The summed E-state index contributed by atoms with van der Waals surface area (Å²) < 4.78 is 24.3. The Kier molecular flexibility index (Phi) is 4.35. The van der Waals surface area contributed by atoms with Crippen molar-refractivity contribution in [2.24, 2.45) is 0 Å². The Labute approximate surface area is 117 Å². The van der Waals surface area contributed by atoms with Gasteiger partial charge in [-0.1, -0.05) is 12.1 Å². The lowest BCUT2D eigenvalue weighted by molar-refractivity contribution is 0.101. The maximum atomic E-state index is 13.9. The van der Waals surface area contributed by atoms with Gasteiger partial charge >= 0.3 is 0 Å². The number of hydrogen-bond donors (Lipinski definition) is 0. The first-order valence-electron chi connectivity index (χ1n) is 6.17. The lowest BCUT2D eigenvalue weighted by atomic mass is 10.1. The van der Waals surface area contributed by atoms with Crippen LogP contribution < -0.4 is 9.47 Å². The van der Waals surface area contributed by atoms with Gasteiger partial charge in [-0.15, -0.1) is 0 Å². The second kappa shape index (κ2) is 6.19. The molecule has 0 heterocycles. The molecule has 2 aromatic carbocycles. The number of halogens is 1. The molecule has 0 bridgehead atoms. The number of Topliss-reactive ketones (excluding diaryl/α,β-unsaturated/α-hetero) is 1.